The van der Waals surface area contributed by atoms with Crippen LogP contribution in [0, 0.1) is 11.8 Å². The van der Waals surface area contributed by atoms with Crippen molar-refractivity contribution < 1.29 is 9.90 Å². The van der Waals surface area contributed by atoms with E-state index in [1.165, 1.54) is 25.7 Å². The predicted octanol–water partition coefficient (Wildman–Crippen LogP) is 1.65. The quantitative estimate of drug-likeness (QED) is 0.737. The van der Waals surface area contributed by atoms with Crippen LogP contribution in [-0.2, 0) is 4.79 Å². The topological polar surface area (TPSA) is 63.3 Å². The Bertz CT molecular complexity index is 158. The number of hydrogen-bond donors (Lipinski definition) is 2. The fraction of sp³-hybridized carbons (Fsp3) is 0.889. The van der Waals surface area contributed by atoms with Gasteiger partial charge in [0.05, 0.1) is 0 Å². The van der Waals surface area contributed by atoms with E-state index in [0.717, 1.165) is 0 Å². The van der Waals surface area contributed by atoms with Gasteiger partial charge in [-0.2, -0.15) is 0 Å². The van der Waals surface area contributed by atoms with Gasteiger partial charge in [0.15, 0.2) is 0 Å². The Hall–Kier alpha value is -0.280. The van der Waals surface area contributed by atoms with Crippen LogP contribution in [0.15, 0.2) is 0 Å². The molecule has 1 rings (SSSR count). The van der Waals surface area contributed by atoms with Gasteiger partial charge in [-0.25, -0.2) is 0 Å². The zero-order valence-electron chi connectivity index (χ0n) is 7.74. The summed E-state index contributed by atoms with van der Waals surface area (Å²) in [6.07, 6.45) is 5.10. The zero-order valence-corrected chi connectivity index (χ0v) is 8.55. The molecule has 0 aromatic carbocycles. The second-order valence-corrected chi connectivity index (χ2v) is 3.64. The molecule has 0 aromatic heterocycles. The maximum absolute atomic E-state index is 10.5. The highest BCUT2D eigenvalue weighted by molar-refractivity contribution is 5.85. The first-order valence-corrected chi connectivity index (χ1v) is 4.66. The van der Waals surface area contributed by atoms with Gasteiger partial charge in [-0.1, -0.05) is 25.7 Å². The third-order valence-electron chi connectivity index (χ3n) is 2.81. The van der Waals surface area contributed by atoms with Crippen LogP contribution in [0.25, 0.3) is 0 Å². The van der Waals surface area contributed by atoms with Crippen molar-refractivity contribution in [2.75, 3.05) is 6.54 Å². The Kier molecular flexibility index (Phi) is 6.08. The molecule has 0 bridgehead atoms. The average molecular weight is 208 g/mol. The van der Waals surface area contributed by atoms with E-state index in [1.807, 2.05) is 0 Å². The molecule has 0 radical (unpaired) electrons. The summed E-state index contributed by atoms with van der Waals surface area (Å²) in [5.41, 5.74) is 5.54. The molecule has 0 heterocycles. The molecule has 1 saturated carbocycles. The SMILES string of the molecule is Cl.NCC(CC(=O)O)C1CCCC1. The second-order valence-electron chi connectivity index (χ2n) is 3.64. The van der Waals surface area contributed by atoms with Crippen molar-refractivity contribution in [3.05, 3.63) is 0 Å². The lowest BCUT2D eigenvalue weighted by Crippen LogP contribution is -2.24. The molecule has 3 N–H and O–H groups in total. The zero-order chi connectivity index (χ0) is 8.97. The summed E-state index contributed by atoms with van der Waals surface area (Å²) in [7, 11) is 0. The minimum atomic E-state index is -0.711. The van der Waals surface area contributed by atoms with Crippen LogP contribution in [0.3, 0.4) is 0 Å². The Balaban J connectivity index is 0.00000144. The van der Waals surface area contributed by atoms with Gasteiger partial charge in [0.1, 0.15) is 0 Å². The molecule has 3 nitrogen and oxygen atoms in total. The fourth-order valence-corrected chi connectivity index (χ4v) is 2.10. The predicted molar refractivity (Wildman–Crippen MR) is 54.0 cm³/mol. The van der Waals surface area contributed by atoms with Crippen LogP contribution >= 0.6 is 12.4 Å². The molecule has 4 heteroatoms. The van der Waals surface area contributed by atoms with Crippen molar-refractivity contribution in [2.24, 2.45) is 17.6 Å². The minimum absolute atomic E-state index is 0. The molecule has 1 aliphatic carbocycles. The number of carboxylic acids is 1. The third kappa shape index (κ3) is 3.96. The van der Waals surface area contributed by atoms with Gasteiger partial charge < -0.3 is 10.8 Å². The molecule has 0 saturated heterocycles. The first kappa shape index (κ1) is 12.7. The van der Waals surface area contributed by atoms with Gasteiger partial charge >= 0.3 is 5.97 Å². The van der Waals surface area contributed by atoms with E-state index in [0.29, 0.717) is 12.5 Å². The summed E-state index contributed by atoms with van der Waals surface area (Å²) in [4.78, 5) is 10.5. The minimum Gasteiger partial charge on any atom is -0.481 e. The van der Waals surface area contributed by atoms with E-state index < -0.39 is 5.97 Å². The van der Waals surface area contributed by atoms with Gasteiger partial charge in [0.25, 0.3) is 0 Å². The van der Waals surface area contributed by atoms with Gasteiger partial charge in [0.2, 0.25) is 0 Å². The summed E-state index contributed by atoms with van der Waals surface area (Å²) >= 11 is 0. The summed E-state index contributed by atoms with van der Waals surface area (Å²) in [6, 6.07) is 0. The lowest BCUT2D eigenvalue weighted by atomic mass is 9.88. The number of aliphatic carboxylic acids is 1. The molecule has 0 amide bonds. The average Bonchev–Trinajstić information content (AvgIpc) is 2.51. The highest BCUT2D eigenvalue weighted by atomic mass is 35.5. The van der Waals surface area contributed by atoms with Crippen molar-refractivity contribution in [2.45, 2.75) is 32.1 Å². The van der Waals surface area contributed by atoms with Crippen LogP contribution < -0.4 is 5.73 Å². The lowest BCUT2D eigenvalue weighted by Gasteiger charge is -2.19. The number of carbonyl (C=O) groups is 1. The second kappa shape index (κ2) is 6.22. The Morgan fingerprint density at radius 1 is 1.46 bits per heavy atom. The van der Waals surface area contributed by atoms with Crippen molar-refractivity contribution in [3.63, 3.8) is 0 Å². The number of carboxylic acid groups (broad SMARTS) is 1. The molecule has 1 aliphatic rings. The van der Waals surface area contributed by atoms with Crippen LogP contribution in [0.4, 0.5) is 0 Å². The smallest absolute Gasteiger partial charge is 0.303 e. The Labute approximate surface area is 85.1 Å². The van der Waals surface area contributed by atoms with Gasteiger partial charge in [0, 0.05) is 6.42 Å². The van der Waals surface area contributed by atoms with Gasteiger partial charge in [-0.05, 0) is 18.4 Å². The molecule has 1 unspecified atom stereocenters. The molecule has 0 aromatic rings. The first-order valence-electron chi connectivity index (χ1n) is 4.66. The summed E-state index contributed by atoms with van der Waals surface area (Å²) in [5.74, 6) is 0.0773. The fourth-order valence-electron chi connectivity index (χ4n) is 2.10. The van der Waals surface area contributed by atoms with E-state index in [-0.39, 0.29) is 24.7 Å². The van der Waals surface area contributed by atoms with Gasteiger partial charge in [-0.3, -0.25) is 4.79 Å². The van der Waals surface area contributed by atoms with Crippen molar-refractivity contribution >= 4 is 18.4 Å². The van der Waals surface area contributed by atoms with Crippen LogP contribution in [0.1, 0.15) is 32.1 Å². The molecule has 0 spiro atoms. The number of halogens is 1. The molecule has 13 heavy (non-hydrogen) atoms. The van der Waals surface area contributed by atoms with Crippen molar-refractivity contribution in [3.8, 4) is 0 Å². The lowest BCUT2D eigenvalue weighted by molar-refractivity contribution is -0.138. The first-order chi connectivity index (χ1) is 5.74. The van der Waals surface area contributed by atoms with Crippen molar-refractivity contribution in [1.29, 1.82) is 0 Å². The van der Waals surface area contributed by atoms with Crippen LogP contribution in [-0.4, -0.2) is 17.6 Å². The van der Waals surface area contributed by atoms with E-state index in [9.17, 15) is 4.79 Å². The largest absolute Gasteiger partial charge is 0.481 e. The number of hydrogen-bond acceptors (Lipinski definition) is 2. The van der Waals surface area contributed by atoms with E-state index in [4.69, 9.17) is 10.8 Å². The monoisotopic (exact) mass is 207 g/mol. The molecule has 0 aliphatic heterocycles. The molecule has 1 fully saturated rings. The number of rotatable bonds is 4. The summed E-state index contributed by atoms with van der Waals surface area (Å²) < 4.78 is 0. The van der Waals surface area contributed by atoms with Crippen molar-refractivity contribution in [1.82, 2.24) is 0 Å². The van der Waals surface area contributed by atoms with E-state index in [1.54, 1.807) is 0 Å². The molecule has 1 atom stereocenters. The highest BCUT2D eigenvalue weighted by Crippen LogP contribution is 2.32. The van der Waals surface area contributed by atoms with E-state index in [2.05, 4.69) is 0 Å². The summed E-state index contributed by atoms with van der Waals surface area (Å²) in [5, 5.41) is 8.62. The van der Waals surface area contributed by atoms with Crippen LogP contribution in [0.5, 0.6) is 0 Å². The molecular weight excluding hydrogens is 190 g/mol. The maximum Gasteiger partial charge on any atom is 0.303 e. The van der Waals surface area contributed by atoms with E-state index >= 15 is 0 Å². The summed E-state index contributed by atoms with van der Waals surface area (Å²) in [6.45, 7) is 0.525. The maximum atomic E-state index is 10.5. The van der Waals surface area contributed by atoms with Crippen LogP contribution in [0.2, 0.25) is 0 Å². The normalized spacial score (nSPS) is 19.5. The van der Waals surface area contributed by atoms with Gasteiger partial charge in [-0.15, -0.1) is 12.4 Å². The third-order valence-corrected chi connectivity index (χ3v) is 2.81. The highest BCUT2D eigenvalue weighted by Gasteiger charge is 2.25. The number of nitrogens with two attached hydrogens (primary N) is 1. The standard InChI is InChI=1S/C9H17NO2.ClH/c10-6-8(5-9(11)12)7-3-1-2-4-7;/h7-8H,1-6,10H2,(H,11,12);1H. The molecular formula is C9H18ClNO2. The molecule has 78 valence electrons. The Morgan fingerprint density at radius 2 is 2.00 bits per heavy atom. The Morgan fingerprint density at radius 3 is 2.38 bits per heavy atom.